The lowest BCUT2D eigenvalue weighted by molar-refractivity contribution is 0.572. The fourth-order valence-electron chi connectivity index (χ4n) is 2.17. The largest absolute Gasteiger partial charge is 0.304 e. The summed E-state index contributed by atoms with van der Waals surface area (Å²) in [5.74, 6) is 0. The highest BCUT2D eigenvalue weighted by Crippen LogP contribution is 2.25. The number of fused-ring (bicyclic) bond motifs is 1. The van der Waals surface area contributed by atoms with Crippen molar-refractivity contribution in [3.8, 4) is 0 Å². The van der Waals surface area contributed by atoms with E-state index in [-0.39, 0.29) is 6.04 Å². The lowest BCUT2D eigenvalue weighted by Gasteiger charge is -2.14. The molecule has 2 aromatic carbocycles. The summed E-state index contributed by atoms with van der Waals surface area (Å²) in [7, 11) is 0. The van der Waals surface area contributed by atoms with Gasteiger partial charge in [0.25, 0.3) is 0 Å². The van der Waals surface area contributed by atoms with Gasteiger partial charge in [-0.25, -0.2) is 4.98 Å². The molecular weight excluding hydrogens is 332 g/mol. The molecule has 0 fully saturated rings. The number of hydrogen-bond donors (Lipinski definition) is 1. The molecule has 102 valence electrons. The van der Waals surface area contributed by atoms with Gasteiger partial charge in [0.05, 0.1) is 10.2 Å². The van der Waals surface area contributed by atoms with Crippen molar-refractivity contribution < 1.29 is 0 Å². The lowest BCUT2D eigenvalue weighted by Crippen LogP contribution is -2.18. The van der Waals surface area contributed by atoms with Gasteiger partial charge in [-0.2, -0.15) is 0 Å². The van der Waals surface area contributed by atoms with E-state index in [9.17, 15) is 0 Å². The minimum atomic E-state index is 0.289. The first kappa shape index (κ1) is 13.7. The van der Waals surface area contributed by atoms with Crippen molar-refractivity contribution in [1.82, 2.24) is 10.3 Å². The van der Waals surface area contributed by atoms with Crippen LogP contribution in [0.5, 0.6) is 0 Å². The Kier molecular flexibility index (Phi) is 4.15. The molecule has 0 radical (unpaired) electrons. The normalized spacial score (nSPS) is 12.7. The topological polar surface area (TPSA) is 24.9 Å². The fourth-order valence-corrected chi connectivity index (χ4v) is 3.72. The van der Waals surface area contributed by atoms with E-state index in [0.29, 0.717) is 0 Å². The van der Waals surface area contributed by atoms with E-state index in [2.05, 4.69) is 69.6 Å². The molecule has 0 saturated carbocycles. The Labute approximate surface area is 131 Å². The summed E-state index contributed by atoms with van der Waals surface area (Å²) in [5, 5.41) is 4.66. The van der Waals surface area contributed by atoms with Crippen LogP contribution in [0.15, 0.2) is 53.0 Å². The molecule has 0 aliphatic heterocycles. The van der Waals surface area contributed by atoms with Gasteiger partial charge in [-0.3, -0.25) is 0 Å². The van der Waals surface area contributed by atoms with Gasteiger partial charge in [0.1, 0.15) is 5.01 Å². The standard InChI is InChI=1S/C16H15BrN2S/c1-11(12-6-2-3-7-13(12)17)18-10-16-19-14-8-4-5-9-15(14)20-16/h2-9,11,18H,10H2,1H3/t11-/m0/s1. The third-order valence-corrected chi connectivity index (χ3v) is 5.03. The summed E-state index contributed by atoms with van der Waals surface area (Å²) in [6, 6.07) is 16.9. The van der Waals surface area contributed by atoms with Gasteiger partial charge in [-0.1, -0.05) is 46.3 Å². The average Bonchev–Trinajstić information content (AvgIpc) is 2.88. The molecule has 0 amide bonds. The van der Waals surface area contributed by atoms with Crippen molar-refractivity contribution in [2.24, 2.45) is 0 Å². The number of benzene rings is 2. The predicted molar refractivity (Wildman–Crippen MR) is 89.0 cm³/mol. The monoisotopic (exact) mass is 346 g/mol. The Bertz CT molecular complexity index is 690. The van der Waals surface area contributed by atoms with Gasteiger partial charge in [0, 0.05) is 17.1 Å². The first-order chi connectivity index (χ1) is 9.74. The molecule has 3 rings (SSSR count). The average molecular weight is 347 g/mol. The van der Waals surface area contributed by atoms with Crippen LogP contribution in [0.2, 0.25) is 0 Å². The zero-order valence-corrected chi connectivity index (χ0v) is 13.5. The van der Waals surface area contributed by atoms with E-state index >= 15 is 0 Å². The molecule has 0 aliphatic carbocycles. The summed E-state index contributed by atoms with van der Waals surface area (Å²) in [6.07, 6.45) is 0. The number of nitrogens with one attached hydrogen (secondary N) is 1. The van der Waals surface area contributed by atoms with Crippen LogP contribution in [0.4, 0.5) is 0 Å². The highest BCUT2D eigenvalue weighted by molar-refractivity contribution is 9.10. The van der Waals surface area contributed by atoms with Crippen LogP contribution < -0.4 is 5.32 Å². The summed E-state index contributed by atoms with van der Waals surface area (Å²) in [6.45, 7) is 2.97. The SMILES string of the molecule is C[C@H](NCc1nc2ccccc2s1)c1ccccc1Br. The first-order valence-electron chi connectivity index (χ1n) is 6.56. The molecular formula is C16H15BrN2S. The van der Waals surface area contributed by atoms with Gasteiger partial charge in [0.2, 0.25) is 0 Å². The van der Waals surface area contributed by atoms with Crippen LogP contribution in [0.1, 0.15) is 23.5 Å². The highest BCUT2D eigenvalue weighted by Gasteiger charge is 2.09. The third-order valence-electron chi connectivity index (χ3n) is 3.27. The summed E-state index contributed by atoms with van der Waals surface area (Å²) in [5.41, 5.74) is 2.36. The number of hydrogen-bond acceptors (Lipinski definition) is 3. The minimum absolute atomic E-state index is 0.289. The van der Waals surface area contributed by atoms with E-state index in [1.807, 2.05) is 12.1 Å². The van der Waals surface area contributed by atoms with Crippen molar-refractivity contribution in [1.29, 1.82) is 0 Å². The first-order valence-corrected chi connectivity index (χ1v) is 8.17. The molecule has 0 saturated heterocycles. The molecule has 0 unspecified atom stereocenters. The molecule has 3 aromatic rings. The maximum atomic E-state index is 4.65. The van der Waals surface area contributed by atoms with Crippen LogP contribution in [0, 0.1) is 0 Å². The van der Waals surface area contributed by atoms with E-state index < -0.39 is 0 Å². The number of nitrogens with zero attached hydrogens (tertiary/aromatic N) is 1. The summed E-state index contributed by atoms with van der Waals surface area (Å²) in [4.78, 5) is 4.65. The van der Waals surface area contributed by atoms with E-state index in [0.717, 1.165) is 21.5 Å². The van der Waals surface area contributed by atoms with Crippen LogP contribution >= 0.6 is 27.3 Å². The van der Waals surface area contributed by atoms with Gasteiger partial charge in [-0.15, -0.1) is 11.3 Å². The fraction of sp³-hybridized carbons (Fsp3) is 0.188. The Morgan fingerprint density at radius 3 is 2.70 bits per heavy atom. The number of rotatable bonds is 4. The summed E-state index contributed by atoms with van der Waals surface area (Å²) >= 11 is 5.35. The second-order valence-electron chi connectivity index (χ2n) is 4.70. The van der Waals surface area contributed by atoms with Crippen molar-refractivity contribution in [2.75, 3.05) is 0 Å². The Hall–Kier alpha value is -1.23. The molecule has 4 heteroatoms. The zero-order valence-electron chi connectivity index (χ0n) is 11.1. The Balaban J connectivity index is 1.71. The molecule has 1 N–H and O–H groups in total. The number of thiazole rings is 1. The molecule has 0 bridgehead atoms. The van der Waals surface area contributed by atoms with E-state index in [4.69, 9.17) is 0 Å². The second-order valence-corrected chi connectivity index (χ2v) is 6.67. The van der Waals surface area contributed by atoms with Crippen molar-refractivity contribution in [3.63, 3.8) is 0 Å². The quantitative estimate of drug-likeness (QED) is 0.725. The van der Waals surface area contributed by atoms with Crippen LogP contribution in [-0.2, 0) is 6.54 Å². The molecule has 1 heterocycles. The third kappa shape index (κ3) is 2.92. The smallest absolute Gasteiger partial charge is 0.108 e. The zero-order chi connectivity index (χ0) is 13.9. The number of para-hydroxylation sites is 1. The van der Waals surface area contributed by atoms with Crippen molar-refractivity contribution in [3.05, 3.63) is 63.6 Å². The van der Waals surface area contributed by atoms with Gasteiger partial charge >= 0.3 is 0 Å². The molecule has 20 heavy (non-hydrogen) atoms. The number of halogens is 1. The predicted octanol–water partition coefficient (Wildman–Crippen LogP) is 4.91. The van der Waals surface area contributed by atoms with Gasteiger partial charge < -0.3 is 5.32 Å². The van der Waals surface area contributed by atoms with E-state index in [1.54, 1.807) is 11.3 Å². The highest BCUT2D eigenvalue weighted by atomic mass is 79.9. The van der Waals surface area contributed by atoms with Crippen LogP contribution in [-0.4, -0.2) is 4.98 Å². The van der Waals surface area contributed by atoms with Crippen LogP contribution in [0.3, 0.4) is 0 Å². The van der Waals surface area contributed by atoms with E-state index in [1.165, 1.54) is 10.3 Å². The van der Waals surface area contributed by atoms with Crippen LogP contribution in [0.25, 0.3) is 10.2 Å². The minimum Gasteiger partial charge on any atom is -0.304 e. The Morgan fingerprint density at radius 2 is 1.90 bits per heavy atom. The van der Waals surface area contributed by atoms with Gasteiger partial charge in [-0.05, 0) is 30.7 Å². The molecule has 2 nitrogen and oxygen atoms in total. The van der Waals surface area contributed by atoms with Crippen molar-refractivity contribution >= 4 is 37.5 Å². The molecule has 0 aliphatic rings. The summed E-state index contributed by atoms with van der Waals surface area (Å²) < 4.78 is 2.39. The maximum absolute atomic E-state index is 4.65. The maximum Gasteiger partial charge on any atom is 0.108 e. The van der Waals surface area contributed by atoms with Gasteiger partial charge in [0.15, 0.2) is 0 Å². The molecule has 1 atom stereocenters. The molecule has 1 aromatic heterocycles. The Morgan fingerprint density at radius 1 is 1.15 bits per heavy atom. The second kappa shape index (κ2) is 6.04. The lowest BCUT2D eigenvalue weighted by atomic mass is 10.1. The molecule has 0 spiro atoms. The van der Waals surface area contributed by atoms with Crippen molar-refractivity contribution in [2.45, 2.75) is 19.5 Å². The number of aromatic nitrogens is 1.